The van der Waals surface area contributed by atoms with Crippen LogP contribution in [-0.2, 0) is 0 Å². The smallest absolute Gasteiger partial charge is 0.296 e. The average Bonchev–Trinajstić information content (AvgIpc) is 3.03. The van der Waals surface area contributed by atoms with Crippen molar-refractivity contribution in [1.82, 2.24) is 4.98 Å². The van der Waals surface area contributed by atoms with Gasteiger partial charge in [-0.3, -0.25) is 14.5 Å². The van der Waals surface area contributed by atoms with Crippen molar-refractivity contribution in [2.75, 3.05) is 4.90 Å². The van der Waals surface area contributed by atoms with Gasteiger partial charge in [-0.15, -0.1) is 0 Å². The highest BCUT2D eigenvalue weighted by molar-refractivity contribution is 9.10. The maximum atomic E-state index is 13.5. The number of pyridine rings is 1. The molecule has 148 valence electrons. The number of nitrogens with zero attached hydrogens (tertiary/aromatic N) is 2. The van der Waals surface area contributed by atoms with E-state index in [0.717, 1.165) is 21.2 Å². The number of fused-ring (bicyclic) bond motifs is 2. The number of hydrogen-bond acceptors (Lipinski definition) is 4. The molecule has 0 radical (unpaired) electrons. The molecule has 1 atom stereocenters. The third-order valence-corrected chi connectivity index (χ3v) is 5.88. The Bertz CT molecular complexity index is 1360. The van der Waals surface area contributed by atoms with Gasteiger partial charge >= 0.3 is 0 Å². The summed E-state index contributed by atoms with van der Waals surface area (Å²) < 4.78 is 6.89. The van der Waals surface area contributed by atoms with Crippen molar-refractivity contribution in [2.24, 2.45) is 0 Å². The molecule has 30 heavy (non-hydrogen) atoms. The summed E-state index contributed by atoms with van der Waals surface area (Å²) in [6, 6.07) is 16.1. The average molecular weight is 461 g/mol. The minimum Gasteiger partial charge on any atom is -0.450 e. The molecule has 6 heteroatoms. The molecule has 5 nitrogen and oxygen atoms in total. The van der Waals surface area contributed by atoms with Crippen molar-refractivity contribution in [3.8, 4) is 0 Å². The first kappa shape index (κ1) is 18.8. The quantitative estimate of drug-likeness (QED) is 0.406. The fourth-order valence-electron chi connectivity index (χ4n) is 3.89. The number of benzene rings is 2. The van der Waals surface area contributed by atoms with E-state index in [1.807, 2.05) is 50.2 Å². The highest BCUT2D eigenvalue weighted by atomic mass is 79.9. The molecule has 0 fully saturated rings. The van der Waals surface area contributed by atoms with Crippen molar-refractivity contribution in [3.05, 3.63) is 104 Å². The summed E-state index contributed by atoms with van der Waals surface area (Å²) in [5.74, 6) is 0.185. The lowest BCUT2D eigenvalue weighted by atomic mass is 9.98. The zero-order valence-corrected chi connectivity index (χ0v) is 17.9. The van der Waals surface area contributed by atoms with Gasteiger partial charge in [-0.25, -0.2) is 4.98 Å². The molecule has 0 saturated heterocycles. The summed E-state index contributed by atoms with van der Waals surface area (Å²) in [7, 11) is 0. The number of carbonyl (C=O) groups excluding carboxylic acids is 1. The second kappa shape index (κ2) is 6.92. The molecular formula is C24H17BrN2O3. The van der Waals surface area contributed by atoms with E-state index in [2.05, 4.69) is 20.9 Å². The molecule has 1 aliphatic rings. The highest BCUT2D eigenvalue weighted by Gasteiger charge is 2.44. The first-order chi connectivity index (χ1) is 14.4. The molecule has 3 heterocycles. The molecule has 4 aromatic rings. The van der Waals surface area contributed by atoms with Crippen LogP contribution in [0.25, 0.3) is 11.0 Å². The van der Waals surface area contributed by atoms with Crippen molar-refractivity contribution in [2.45, 2.75) is 19.9 Å². The maximum Gasteiger partial charge on any atom is 0.296 e. The molecule has 0 saturated carbocycles. The van der Waals surface area contributed by atoms with Crippen molar-refractivity contribution >= 4 is 38.6 Å². The lowest BCUT2D eigenvalue weighted by Crippen LogP contribution is -2.30. The van der Waals surface area contributed by atoms with E-state index in [-0.39, 0.29) is 17.1 Å². The standard InChI is InChI=1S/C24H17BrN2O3/c1-13-3-9-18-17(11-13)22(28)20-21(15-5-7-16(25)8-6-15)27(24(29)23(20)30-18)19-10-4-14(2)12-26-19/h3-12,21H,1-2H3. The van der Waals surface area contributed by atoms with E-state index < -0.39 is 6.04 Å². The van der Waals surface area contributed by atoms with Crippen LogP contribution in [0.4, 0.5) is 5.82 Å². The molecule has 2 aromatic heterocycles. The van der Waals surface area contributed by atoms with Crippen molar-refractivity contribution in [1.29, 1.82) is 0 Å². The number of amides is 1. The summed E-state index contributed by atoms with van der Waals surface area (Å²) in [4.78, 5) is 33.0. The first-order valence-corrected chi connectivity index (χ1v) is 10.3. The second-order valence-electron chi connectivity index (χ2n) is 7.50. The van der Waals surface area contributed by atoms with Crippen molar-refractivity contribution < 1.29 is 9.21 Å². The van der Waals surface area contributed by atoms with Gasteiger partial charge in [0, 0.05) is 10.7 Å². The van der Waals surface area contributed by atoms with Crippen LogP contribution in [0.15, 0.2) is 74.5 Å². The van der Waals surface area contributed by atoms with Crippen LogP contribution in [0.5, 0.6) is 0 Å². The summed E-state index contributed by atoms with van der Waals surface area (Å²) in [5.41, 5.74) is 3.32. The summed E-state index contributed by atoms with van der Waals surface area (Å²) >= 11 is 3.45. The number of anilines is 1. The van der Waals surface area contributed by atoms with E-state index in [9.17, 15) is 9.59 Å². The Kier molecular flexibility index (Phi) is 4.33. The zero-order chi connectivity index (χ0) is 21.0. The van der Waals surface area contributed by atoms with E-state index in [1.54, 1.807) is 29.3 Å². The lowest BCUT2D eigenvalue weighted by molar-refractivity contribution is 0.0970. The minimum absolute atomic E-state index is 0.0756. The SMILES string of the molecule is Cc1ccc(N2C(=O)c3oc4ccc(C)cc4c(=O)c3C2c2ccc(Br)cc2)nc1. The maximum absolute atomic E-state index is 13.5. The van der Waals surface area contributed by atoms with Crippen LogP contribution in [0.3, 0.4) is 0 Å². The van der Waals surface area contributed by atoms with Crippen LogP contribution in [0.1, 0.15) is 38.9 Å². The van der Waals surface area contributed by atoms with E-state index in [4.69, 9.17) is 4.42 Å². The fraction of sp³-hybridized carbons (Fsp3) is 0.125. The predicted molar refractivity (Wildman–Crippen MR) is 119 cm³/mol. The van der Waals surface area contributed by atoms with Gasteiger partial charge in [0.15, 0.2) is 5.43 Å². The molecule has 1 amide bonds. The van der Waals surface area contributed by atoms with Gasteiger partial charge in [0.1, 0.15) is 11.4 Å². The Labute approximate surface area is 181 Å². The molecule has 0 N–H and O–H groups in total. The molecule has 2 aromatic carbocycles. The van der Waals surface area contributed by atoms with Gasteiger partial charge in [-0.1, -0.05) is 45.8 Å². The Hall–Kier alpha value is -3.25. The Morgan fingerprint density at radius 3 is 2.40 bits per heavy atom. The highest BCUT2D eigenvalue weighted by Crippen LogP contribution is 2.40. The van der Waals surface area contributed by atoms with Crippen LogP contribution >= 0.6 is 15.9 Å². The molecule has 0 spiro atoms. The molecular weight excluding hydrogens is 444 g/mol. The minimum atomic E-state index is -0.614. The van der Waals surface area contributed by atoms with Gasteiger partial charge in [0.05, 0.1) is 17.0 Å². The topological polar surface area (TPSA) is 63.4 Å². The number of aromatic nitrogens is 1. The molecule has 5 rings (SSSR count). The van der Waals surface area contributed by atoms with E-state index in [0.29, 0.717) is 22.4 Å². The van der Waals surface area contributed by atoms with Gasteiger partial charge in [0.2, 0.25) is 5.76 Å². The summed E-state index contributed by atoms with van der Waals surface area (Å²) in [5, 5.41) is 0.474. The van der Waals surface area contributed by atoms with Crippen LogP contribution in [0.2, 0.25) is 0 Å². The Balaban J connectivity index is 1.81. The predicted octanol–water partition coefficient (Wildman–Crippen LogP) is 5.32. The number of aryl methyl sites for hydroxylation is 2. The fourth-order valence-corrected chi connectivity index (χ4v) is 4.15. The van der Waals surface area contributed by atoms with Gasteiger partial charge in [0.25, 0.3) is 5.91 Å². The van der Waals surface area contributed by atoms with Crippen molar-refractivity contribution in [3.63, 3.8) is 0 Å². The third kappa shape index (κ3) is 2.87. The third-order valence-electron chi connectivity index (χ3n) is 5.35. The molecule has 1 aliphatic heterocycles. The second-order valence-corrected chi connectivity index (χ2v) is 8.41. The zero-order valence-electron chi connectivity index (χ0n) is 16.3. The molecule has 0 aliphatic carbocycles. The normalized spacial score (nSPS) is 15.6. The van der Waals surface area contributed by atoms with Gasteiger partial charge < -0.3 is 4.42 Å². The Morgan fingerprint density at radius 2 is 1.70 bits per heavy atom. The summed E-state index contributed by atoms with van der Waals surface area (Å²) in [6.45, 7) is 3.86. The monoisotopic (exact) mass is 460 g/mol. The van der Waals surface area contributed by atoms with Gasteiger partial charge in [-0.05, 0) is 55.3 Å². The number of rotatable bonds is 2. The first-order valence-electron chi connectivity index (χ1n) is 9.53. The largest absolute Gasteiger partial charge is 0.450 e. The van der Waals surface area contributed by atoms with Crippen LogP contribution < -0.4 is 10.3 Å². The van der Waals surface area contributed by atoms with Crippen LogP contribution in [-0.4, -0.2) is 10.9 Å². The molecule has 0 bridgehead atoms. The number of hydrogen-bond donors (Lipinski definition) is 0. The van der Waals surface area contributed by atoms with E-state index in [1.165, 1.54) is 0 Å². The lowest BCUT2D eigenvalue weighted by Gasteiger charge is -2.24. The van der Waals surface area contributed by atoms with E-state index >= 15 is 0 Å². The summed E-state index contributed by atoms with van der Waals surface area (Å²) in [6.07, 6.45) is 1.71. The van der Waals surface area contributed by atoms with Crippen LogP contribution in [0, 0.1) is 13.8 Å². The number of halogens is 1. The Morgan fingerprint density at radius 1 is 0.967 bits per heavy atom. The van der Waals surface area contributed by atoms with Gasteiger partial charge in [-0.2, -0.15) is 0 Å². The number of carbonyl (C=O) groups is 1. The molecule has 1 unspecified atom stereocenters.